The van der Waals surface area contributed by atoms with Crippen molar-refractivity contribution in [1.82, 2.24) is 0 Å². The lowest BCUT2D eigenvalue weighted by molar-refractivity contribution is 0.428. The molecule has 0 heterocycles. The summed E-state index contributed by atoms with van der Waals surface area (Å²) in [6, 6.07) is 13.6. The molecule has 0 aliphatic heterocycles. The second-order valence-electron chi connectivity index (χ2n) is 5.82. The molecule has 0 saturated carbocycles. The minimum atomic E-state index is -4.03. The van der Waals surface area contributed by atoms with E-state index in [9.17, 15) is 13.5 Å². The monoisotopic (exact) mass is 342 g/mol. The van der Waals surface area contributed by atoms with Crippen molar-refractivity contribution in [3.63, 3.8) is 0 Å². The molecule has 3 aromatic rings. The maximum absolute atomic E-state index is 12.6. The smallest absolute Gasteiger partial charge is 0.339 e. The second-order valence-corrected chi connectivity index (χ2v) is 7.37. The van der Waals surface area contributed by atoms with Crippen LogP contribution in [-0.2, 0) is 10.1 Å². The summed E-state index contributed by atoms with van der Waals surface area (Å²) in [6.45, 7) is 5.50. The molecular formula is C19H18O4S. The zero-order chi connectivity index (χ0) is 17.5. The predicted octanol–water partition coefficient (Wildman–Crippen LogP) is 4.24. The Bertz CT molecular complexity index is 1020. The SMILES string of the molecule is Cc1ccc(S(=O)(=O)Oc2c(O)c(C)c(C)c3ccccc23)cc1. The van der Waals surface area contributed by atoms with Crippen LogP contribution < -0.4 is 4.18 Å². The first-order chi connectivity index (χ1) is 11.3. The summed E-state index contributed by atoms with van der Waals surface area (Å²) in [5, 5.41) is 11.9. The second kappa shape index (κ2) is 5.83. The molecule has 0 radical (unpaired) electrons. The molecule has 0 bridgehead atoms. The summed E-state index contributed by atoms with van der Waals surface area (Å²) in [7, 11) is -4.03. The van der Waals surface area contributed by atoms with Gasteiger partial charge in [-0.1, -0.05) is 42.0 Å². The van der Waals surface area contributed by atoms with E-state index in [1.54, 1.807) is 31.2 Å². The largest absolute Gasteiger partial charge is 0.504 e. The van der Waals surface area contributed by atoms with Crippen LogP contribution in [0.15, 0.2) is 53.4 Å². The molecule has 0 aliphatic carbocycles. The van der Waals surface area contributed by atoms with Gasteiger partial charge in [0.05, 0.1) is 0 Å². The number of benzene rings is 3. The molecule has 1 N–H and O–H groups in total. The van der Waals surface area contributed by atoms with Crippen LogP contribution in [0, 0.1) is 20.8 Å². The first-order valence-corrected chi connectivity index (χ1v) is 8.94. The third kappa shape index (κ3) is 2.71. The molecule has 124 valence electrons. The van der Waals surface area contributed by atoms with Crippen LogP contribution >= 0.6 is 0 Å². The van der Waals surface area contributed by atoms with Crippen molar-refractivity contribution in [2.45, 2.75) is 25.7 Å². The van der Waals surface area contributed by atoms with Gasteiger partial charge in [0.2, 0.25) is 0 Å². The lowest BCUT2D eigenvalue weighted by Crippen LogP contribution is -2.10. The molecule has 0 unspecified atom stereocenters. The molecule has 0 aromatic heterocycles. The molecule has 24 heavy (non-hydrogen) atoms. The average molecular weight is 342 g/mol. The quantitative estimate of drug-likeness (QED) is 0.723. The highest BCUT2D eigenvalue weighted by Gasteiger charge is 2.22. The lowest BCUT2D eigenvalue weighted by Gasteiger charge is -2.15. The Labute approximate surface area is 141 Å². The van der Waals surface area contributed by atoms with E-state index in [0.717, 1.165) is 16.5 Å². The summed E-state index contributed by atoms with van der Waals surface area (Å²) < 4.78 is 30.5. The Morgan fingerprint density at radius 3 is 2.04 bits per heavy atom. The van der Waals surface area contributed by atoms with Crippen LogP contribution in [0.5, 0.6) is 11.5 Å². The number of hydrogen-bond acceptors (Lipinski definition) is 4. The molecular weight excluding hydrogens is 324 g/mol. The number of phenolic OH excluding ortho intramolecular Hbond substituents is 1. The minimum Gasteiger partial charge on any atom is -0.504 e. The minimum absolute atomic E-state index is 0.0331. The van der Waals surface area contributed by atoms with Gasteiger partial charge >= 0.3 is 10.1 Å². The Hall–Kier alpha value is -2.53. The predicted molar refractivity (Wildman–Crippen MR) is 94.1 cm³/mol. The van der Waals surface area contributed by atoms with Crippen LogP contribution in [0.1, 0.15) is 16.7 Å². The van der Waals surface area contributed by atoms with E-state index >= 15 is 0 Å². The summed E-state index contributed by atoms with van der Waals surface area (Å²) in [5.41, 5.74) is 2.44. The molecule has 0 aliphatic rings. The van der Waals surface area contributed by atoms with E-state index in [2.05, 4.69) is 0 Å². The molecule has 0 atom stereocenters. The van der Waals surface area contributed by atoms with Gasteiger partial charge in [-0.2, -0.15) is 8.42 Å². The van der Waals surface area contributed by atoms with Crippen molar-refractivity contribution in [3.8, 4) is 11.5 Å². The highest BCUT2D eigenvalue weighted by Crippen LogP contribution is 2.41. The van der Waals surface area contributed by atoms with Gasteiger partial charge in [-0.3, -0.25) is 0 Å². The Balaban J connectivity index is 2.18. The van der Waals surface area contributed by atoms with E-state index in [1.165, 1.54) is 12.1 Å². The van der Waals surface area contributed by atoms with Crippen LogP contribution in [0.25, 0.3) is 10.8 Å². The fourth-order valence-electron chi connectivity index (χ4n) is 2.63. The van der Waals surface area contributed by atoms with E-state index in [0.29, 0.717) is 10.9 Å². The van der Waals surface area contributed by atoms with Crippen molar-refractivity contribution in [3.05, 3.63) is 65.2 Å². The Morgan fingerprint density at radius 1 is 0.833 bits per heavy atom. The molecule has 0 fully saturated rings. The number of aromatic hydroxyl groups is 1. The van der Waals surface area contributed by atoms with Gasteiger partial charge in [0, 0.05) is 5.39 Å². The number of hydrogen-bond donors (Lipinski definition) is 1. The van der Waals surface area contributed by atoms with Crippen molar-refractivity contribution < 1.29 is 17.7 Å². The highest BCUT2D eigenvalue weighted by atomic mass is 32.2. The topological polar surface area (TPSA) is 63.6 Å². The van der Waals surface area contributed by atoms with E-state index < -0.39 is 10.1 Å². The normalized spacial score (nSPS) is 11.6. The van der Waals surface area contributed by atoms with E-state index in [-0.39, 0.29) is 16.4 Å². The summed E-state index contributed by atoms with van der Waals surface area (Å²) in [6.07, 6.45) is 0. The molecule has 3 rings (SSSR count). The third-order valence-electron chi connectivity index (χ3n) is 4.21. The third-order valence-corrected chi connectivity index (χ3v) is 5.45. The molecule has 0 spiro atoms. The molecule has 0 amide bonds. The molecule has 3 aromatic carbocycles. The fraction of sp³-hybridized carbons (Fsp3) is 0.158. The Morgan fingerprint density at radius 2 is 1.42 bits per heavy atom. The highest BCUT2D eigenvalue weighted by molar-refractivity contribution is 7.87. The lowest BCUT2D eigenvalue weighted by atomic mass is 9.99. The van der Waals surface area contributed by atoms with Gasteiger partial charge in [-0.25, -0.2) is 0 Å². The van der Waals surface area contributed by atoms with Gasteiger partial charge < -0.3 is 9.29 Å². The van der Waals surface area contributed by atoms with Crippen molar-refractivity contribution in [1.29, 1.82) is 0 Å². The zero-order valence-corrected chi connectivity index (χ0v) is 14.5. The van der Waals surface area contributed by atoms with Crippen LogP contribution in [-0.4, -0.2) is 13.5 Å². The van der Waals surface area contributed by atoms with E-state index in [4.69, 9.17) is 4.18 Å². The first kappa shape index (κ1) is 16.3. The average Bonchev–Trinajstić information content (AvgIpc) is 2.57. The van der Waals surface area contributed by atoms with Gasteiger partial charge in [-0.05, 0) is 49.4 Å². The van der Waals surface area contributed by atoms with Crippen LogP contribution in [0.3, 0.4) is 0 Å². The van der Waals surface area contributed by atoms with E-state index in [1.807, 2.05) is 26.0 Å². The molecule has 4 nitrogen and oxygen atoms in total. The Kier molecular flexibility index (Phi) is 3.97. The van der Waals surface area contributed by atoms with Gasteiger partial charge in [0.1, 0.15) is 4.90 Å². The summed E-state index contributed by atoms with van der Waals surface area (Å²) in [5.74, 6) is -0.184. The number of phenols is 1. The van der Waals surface area contributed by atoms with Crippen LogP contribution in [0.2, 0.25) is 0 Å². The maximum Gasteiger partial charge on any atom is 0.339 e. The number of rotatable bonds is 3. The maximum atomic E-state index is 12.6. The zero-order valence-electron chi connectivity index (χ0n) is 13.7. The summed E-state index contributed by atoms with van der Waals surface area (Å²) in [4.78, 5) is 0.0507. The molecule has 0 saturated heterocycles. The fourth-order valence-corrected chi connectivity index (χ4v) is 3.59. The van der Waals surface area contributed by atoms with Crippen molar-refractivity contribution >= 4 is 20.9 Å². The van der Waals surface area contributed by atoms with Gasteiger partial charge in [0.25, 0.3) is 0 Å². The van der Waals surface area contributed by atoms with Gasteiger partial charge in [0.15, 0.2) is 11.5 Å². The number of aryl methyl sites for hydroxylation is 2. The standard InChI is InChI=1S/C19H18O4S/c1-12-8-10-15(11-9-12)24(21,22)23-19-17-7-5-4-6-16(17)13(2)14(3)18(19)20/h4-11,20H,1-3H3. The van der Waals surface area contributed by atoms with Crippen molar-refractivity contribution in [2.75, 3.05) is 0 Å². The van der Waals surface area contributed by atoms with Crippen LogP contribution in [0.4, 0.5) is 0 Å². The van der Waals surface area contributed by atoms with Gasteiger partial charge in [-0.15, -0.1) is 0 Å². The first-order valence-electron chi connectivity index (χ1n) is 7.53. The summed E-state index contributed by atoms with van der Waals surface area (Å²) >= 11 is 0. The number of fused-ring (bicyclic) bond motifs is 1. The van der Waals surface area contributed by atoms with Crippen molar-refractivity contribution in [2.24, 2.45) is 0 Å². The molecule has 5 heteroatoms.